The summed E-state index contributed by atoms with van der Waals surface area (Å²) >= 11 is 0. The number of pyridine rings is 1. The zero-order valence-corrected chi connectivity index (χ0v) is 14.4. The maximum Gasteiger partial charge on any atom is 0.0424 e. The number of anilines is 1. The van der Waals surface area contributed by atoms with Crippen LogP contribution >= 0.6 is 0 Å². The quantitative estimate of drug-likeness (QED) is 0.465. The summed E-state index contributed by atoms with van der Waals surface area (Å²) in [5.74, 6) is 0. The third kappa shape index (κ3) is 8.75. The first-order valence-corrected chi connectivity index (χ1v) is 8.86. The van der Waals surface area contributed by atoms with E-state index in [1.54, 1.807) is 0 Å². The van der Waals surface area contributed by atoms with Gasteiger partial charge in [-0.2, -0.15) is 0 Å². The molecular weight excluding hydrogens is 256 g/mol. The molecule has 2 nitrogen and oxygen atoms in total. The van der Waals surface area contributed by atoms with E-state index in [9.17, 15) is 0 Å². The van der Waals surface area contributed by atoms with Crippen molar-refractivity contribution in [1.82, 2.24) is 4.98 Å². The van der Waals surface area contributed by atoms with Crippen LogP contribution in [0.2, 0.25) is 0 Å². The number of unbranched alkanes of at least 4 members (excludes halogenated alkanes) is 9. The van der Waals surface area contributed by atoms with E-state index in [1.807, 2.05) is 6.20 Å². The highest BCUT2D eigenvalue weighted by molar-refractivity contribution is 5.44. The van der Waals surface area contributed by atoms with Gasteiger partial charge in [-0.3, -0.25) is 4.98 Å². The molecule has 1 aromatic heterocycles. The van der Waals surface area contributed by atoms with Crippen molar-refractivity contribution in [2.75, 3.05) is 19.0 Å². The number of aryl methyl sites for hydroxylation is 1. The molecule has 1 rings (SSSR count). The van der Waals surface area contributed by atoms with Gasteiger partial charge in [0.2, 0.25) is 0 Å². The Morgan fingerprint density at radius 2 is 1.43 bits per heavy atom. The number of aromatic nitrogens is 1. The Morgan fingerprint density at radius 3 is 2.00 bits per heavy atom. The Kier molecular flexibility index (Phi) is 9.94. The molecular formula is C19H34N2. The number of hydrogen-bond donors (Lipinski definition) is 0. The summed E-state index contributed by atoms with van der Waals surface area (Å²) in [4.78, 5) is 6.61. The predicted molar refractivity (Wildman–Crippen MR) is 94.1 cm³/mol. The first-order valence-electron chi connectivity index (χ1n) is 8.86. The first kappa shape index (κ1) is 18.0. The Morgan fingerprint density at radius 1 is 0.857 bits per heavy atom. The lowest BCUT2D eigenvalue weighted by atomic mass is 10.1. The van der Waals surface area contributed by atoms with E-state index < -0.39 is 0 Å². The molecule has 0 atom stereocenters. The van der Waals surface area contributed by atoms with Crippen LogP contribution in [0.4, 0.5) is 5.69 Å². The van der Waals surface area contributed by atoms with E-state index in [2.05, 4.69) is 43.0 Å². The minimum atomic E-state index is 1.12. The third-order valence-corrected chi connectivity index (χ3v) is 4.10. The zero-order chi connectivity index (χ0) is 15.3. The van der Waals surface area contributed by atoms with Crippen molar-refractivity contribution in [3.63, 3.8) is 0 Å². The normalized spacial score (nSPS) is 10.8. The molecule has 0 aromatic carbocycles. The van der Waals surface area contributed by atoms with E-state index >= 15 is 0 Å². The third-order valence-electron chi connectivity index (χ3n) is 4.10. The fourth-order valence-corrected chi connectivity index (χ4v) is 2.67. The van der Waals surface area contributed by atoms with Gasteiger partial charge < -0.3 is 4.90 Å². The summed E-state index contributed by atoms with van der Waals surface area (Å²) in [7, 11) is 4.17. The molecule has 0 aliphatic carbocycles. The van der Waals surface area contributed by atoms with Gasteiger partial charge in [-0.1, -0.05) is 64.7 Å². The molecule has 0 N–H and O–H groups in total. The smallest absolute Gasteiger partial charge is 0.0424 e. The highest BCUT2D eigenvalue weighted by Gasteiger charge is 1.99. The van der Waals surface area contributed by atoms with Crippen LogP contribution in [0.1, 0.15) is 76.8 Å². The van der Waals surface area contributed by atoms with Gasteiger partial charge in [0.25, 0.3) is 0 Å². The Balaban J connectivity index is 2.00. The van der Waals surface area contributed by atoms with Gasteiger partial charge in [-0.15, -0.1) is 0 Å². The minimum absolute atomic E-state index is 1.12. The Bertz CT molecular complexity index is 360. The van der Waals surface area contributed by atoms with E-state index in [0.29, 0.717) is 0 Å². The first-order chi connectivity index (χ1) is 10.2. The van der Waals surface area contributed by atoms with E-state index in [1.165, 1.54) is 75.6 Å². The second-order valence-electron chi connectivity index (χ2n) is 6.33. The van der Waals surface area contributed by atoms with E-state index in [-0.39, 0.29) is 0 Å². The van der Waals surface area contributed by atoms with Gasteiger partial charge in [0.1, 0.15) is 0 Å². The van der Waals surface area contributed by atoms with Gasteiger partial charge in [-0.05, 0) is 25.0 Å². The Hall–Kier alpha value is -1.05. The van der Waals surface area contributed by atoms with E-state index in [0.717, 1.165) is 6.42 Å². The molecule has 0 amide bonds. The maximum absolute atomic E-state index is 4.47. The summed E-state index contributed by atoms with van der Waals surface area (Å²) in [6.45, 7) is 2.28. The molecule has 0 aliphatic rings. The Labute approximate surface area is 132 Å². The van der Waals surface area contributed by atoms with Crippen molar-refractivity contribution in [1.29, 1.82) is 0 Å². The van der Waals surface area contributed by atoms with Crippen LogP contribution in [0.25, 0.3) is 0 Å². The SMILES string of the molecule is CCCCCCCCCCCCc1cc(N(C)C)ccn1. The molecule has 0 bridgehead atoms. The molecule has 0 aliphatic heterocycles. The summed E-state index contributed by atoms with van der Waals surface area (Å²) in [6.07, 6.45) is 17.0. The van der Waals surface area contributed by atoms with E-state index in [4.69, 9.17) is 0 Å². The lowest BCUT2D eigenvalue weighted by Crippen LogP contribution is -2.09. The molecule has 0 radical (unpaired) electrons. The summed E-state index contributed by atoms with van der Waals surface area (Å²) < 4.78 is 0. The summed E-state index contributed by atoms with van der Waals surface area (Å²) in [5, 5.41) is 0. The summed E-state index contributed by atoms with van der Waals surface area (Å²) in [6, 6.07) is 4.29. The number of nitrogens with zero attached hydrogens (tertiary/aromatic N) is 2. The fourth-order valence-electron chi connectivity index (χ4n) is 2.67. The van der Waals surface area contributed by atoms with Crippen molar-refractivity contribution in [2.24, 2.45) is 0 Å². The molecule has 0 saturated carbocycles. The second-order valence-corrected chi connectivity index (χ2v) is 6.33. The van der Waals surface area contributed by atoms with Crippen LogP contribution in [0.15, 0.2) is 18.3 Å². The second kappa shape index (κ2) is 11.6. The molecule has 21 heavy (non-hydrogen) atoms. The summed E-state index contributed by atoms with van der Waals surface area (Å²) in [5.41, 5.74) is 2.49. The molecule has 2 heteroatoms. The van der Waals surface area contributed by atoms with Crippen LogP contribution in [0.5, 0.6) is 0 Å². The molecule has 0 saturated heterocycles. The lowest BCUT2D eigenvalue weighted by Gasteiger charge is -2.12. The molecule has 0 fully saturated rings. The largest absolute Gasteiger partial charge is 0.378 e. The standard InChI is InChI=1S/C19H34N2/c1-4-5-6-7-8-9-10-11-12-13-14-18-17-19(21(2)3)15-16-20-18/h15-17H,4-14H2,1-3H3. The molecule has 120 valence electrons. The average Bonchev–Trinajstić information content (AvgIpc) is 2.49. The van der Waals surface area contributed by atoms with Crippen molar-refractivity contribution in [3.8, 4) is 0 Å². The molecule has 0 unspecified atom stereocenters. The highest BCUT2D eigenvalue weighted by Crippen LogP contribution is 2.14. The minimum Gasteiger partial charge on any atom is -0.378 e. The average molecular weight is 290 g/mol. The number of rotatable bonds is 12. The predicted octanol–water partition coefficient (Wildman–Crippen LogP) is 5.61. The van der Waals surface area contributed by atoms with Crippen LogP contribution in [-0.4, -0.2) is 19.1 Å². The number of hydrogen-bond acceptors (Lipinski definition) is 2. The van der Waals surface area contributed by atoms with Crippen LogP contribution in [-0.2, 0) is 6.42 Å². The topological polar surface area (TPSA) is 16.1 Å². The molecule has 1 aromatic rings. The van der Waals surface area contributed by atoms with Crippen molar-refractivity contribution >= 4 is 5.69 Å². The van der Waals surface area contributed by atoms with Crippen LogP contribution in [0.3, 0.4) is 0 Å². The highest BCUT2D eigenvalue weighted by atomic mass is 15.1. The molecule has 1 heterocycles. The monoisotopic (exact) mass is 290 g/mol. The zero-order valence-electron chi connectivity index (χ0n) is 14.4. The van der Waals surface area contributed by atoms with Crippen LogP contribution < -0.4 is 4.90 Å². The van der Waals surface area contributed by atoms with Crippen molar-refractivity contribution in [2.45, 2.75) is 77.6 Å². The van der Waals surface area contributed by atoms with Gasteiger partial charge in [0, 0.05) is 31.7 Å². The van der Waals surface area contributed by atoms with Crippen molar-refractivity contribution in [3.05, 3.63) is 24.0 Å². The van der Waals surface area contributed by atoms with Gasteiger partial charge >= 0.3 is 0 Å². The van der Waals surface area contributed by atoms with Crippen LogP contribution in [0, 0.1) is 0 Å². The fraction of sp³-hybridized carbons (Fsp3) is 0.737. The molecule has 0 spiro atoms. The van der Waals surface area contributed by atoms with Gasteiger partial charge in [0.05, 0.1) is 0 Å². The maximum atomic E-state index is 4.47. The lowest BCUT2D eigenvalue weighted by molar-refractivity contribution is 0.555. The van der Waals surface area contributed by atoms with Crippen molar-refractivity contribution < 1.29 is 0 Å². The van der Waals surface area contributed by atoms with Gasteiger partial charge in [-0.25, -0.2) is 0 Å². The van der Waals surface area contributed by atoms with Gasteiger partial charge in [0.15, 0.2) is 0 Å².